The first-order chi connectivity index (χ1) is 8.36. The molecule has 0 heterocycles. The summed E-state index contributed by atoms with van der Waals surface area (Å²) in [6, 6.07) is 2.14. The molecule has 0 unspecified atom stereocenters. The monoisotopic (exact) mass is 255 g/mol. The van der Waals surface area contributed by atoms with Crippen LogP contribution in [0.15, 0.2) is 12.1 Å². The zero-order valence-corrected chi connectivity index (χ0v) is 10.2. The number of nitro groups is 1. The quantitative estimate of drug-likeness (QED) is 0.638. The molecule has 0 saturated heterocycles. The average Bonchev–Trinajstić information content (AvgIpc) is 2.27. The first-order valence-corrected chi connectivity index (χ1v) is 5.13. The Bertz CT molecular complexity index is 483. The van der Waals surface area contributed by atoms with Gasteiger partial charge in [0, 0.05) is 6.07 Å². The Morgan fingerprint density at radius 2 is 2.00 bits per heavy atom. The number of carboxylic acids is 1. The minimum atomic E-state index is -1.39. The van der Waals surface area contributed by atoms with Crippen LogP contribution in [0.4, 0.5) is 5.69 Å². The van der Waals surface area contributed by atoms with Crippen molar-refractivity contribution in [2.45, 2.75) is 20.0 Å². The van der Waals surface area contributed by atoms with Crippen molar-refractivity contribution in [2.75, 3.05) is 7.11 Å². The van der Waals surface area contributed by atoms with Crippen LogP contribution in [-0.4, -0.2) is 29.2 Å². The number of rotatable bonds is 5. The predicted octanol–water partition coefficient (Wildman–Crippen LogP) is 2.09. The molecule has 98 valence electrons. The van der Waals surface area contributed by atoms with Crippen molar-refractivity contribution >= 4 is 11.7 Å². The van der Waals surface area contributed by atoms with E-state index < -0.39 is 22.1 Å². The summed E-state index contributed by atoms with van der Waals surface area (Å²) in [6.45, 7) is 3.50. The Hall–Kier alpha value is -2.31. The molecule has 0 aliphatic rings. The molecule has 0 aliphatic carbocycles. The second-order valence-electron chi connectivity index (χ2n) is 3.75. The summed E-state index contributed by atoms with van der Waals surface area (Å²) in [5, 5.41) is 19.7. The summed E-state index contributed by atoms with van der Waals surface area (Å²) < 4.78 is 10.3. The zero-order chi connectivity index (χ0) is 13.9. The van der Waals surface area contributed by atoms with Crippen LogP contribution in [0.5, 0.6) is 11.5 Å². The van der Waals surface area contributed by atoms with Gasteiger partial charge in [-0.05, 0) is 13.8 Å². The lowest BCUT2D eigenvalue weighted by atomic mass is 10.1. The third kappa shape index (κ3) is 2.88. The third-order valence-corrected chi connectivity index (χ3v) is 2.07. The largest absolute Gasteiger partial charge is 0.493 e. The molecule has 7 heteroatoms. The topological polar surface area (TPSA) is 98.9 Å². The van der Waals surface area contributed by atoms with Crippen LogP contribution in [0, 0.1) is 10.1 Å². The lowest BCUT2D eigenvalue weighted by Gasteiger charge is -2.14. The summed E-state index contributed by atoms with van der Waals surface area (Å²) in [5.41, 5.74) is -0.966. The number of hydrogen-bond donors (Lipinski definition) is 1. The molecule has 0 aromatic heterocycles. The van der Waals surface area contributed by atoms with Gasteiger partial charge in [0.1, 0.15) is 5.56 Å². The number of carbonyl (C=O) groups is 1. The lowest BCUT2D eigenvalue weighted by molar-refractivity contribution is -0.385. The van der Waals surface area contributed by atoms with Crippen molar-refractivity contribution < 1.29 is 24.3 Å². The Morgan fingerprint density at radius 1 is 1.39 bits per heavy atom. The number of nitrogens with zero attached hydrogens (tertiary/aromatic N) is 1. The number of aromatic carboxylic acids is 1. The third-order valence-electron chi connectivity index (χ3n) is 2.07. The predicted molar refractivity (Wildman–Crippen MR) is 62.4 cm³/mol. The molecule has 1 aromatic carbocycles. The van der Waals surface area contributed by atoms with Gasteiger partial charge in [0.15, 0.2) is 11.5 Å². The lowest BCUT2D eigenvalue weighted by Crippen LogP contribution is -2.09. The van der Waals surface area contributed by atoms with E-state index in [1.54, 1.807) is 13.8 Å². The molecule has 0 spiro atoms. The van der Waals surface area contributed by atoms with Crippen molar-refractivity contribution in [3.05, 3.63) is 27.8 Å². The molecular weight excluding hydrogens is 242 g/mol. The highest BCUT2D eigenvalue weighted by Crippen LogP contribution is 2.35. The van der Waals surface area contributed by atoms with Crippen LogP contribution in [-0.2, 0) is 0 Å². The highest BCUT2D eigenvalue weighted by atomic mass is 16.6. The van der Waals surface area contributed by atoms with Crippen LogP contribution in [0.3, 0.4) is 0 Å². The minimum absolute atomic E-state index is 0.125. The van der Waals surface area contributed by atoms with Crippen LogP contribution in [0.1, 0.15) is 24.2 Å². The number of ether oxygens (including phenoxy) is 2. The number of carboxylic acid groups (broad SMARTS) is 1. The highest BCUT2D eigenvalue weighted by Gasteiger charge is 2.24. The van der Waals surface area contributed by atoms with Gasteiger partial charge >= 0.3 is 5.97 Å². The van der Waals surface area contributed by atoms with Gasteiger partial charge in [0.2, 0.25) is 0 Å². The van der Waals surface area contributed by atoms with E-state index in [9.17, 15) is 14.9 Å². The molecule has 1 rings (SSSR count). The van der Waals surface area contributed by atoms with E-state index in [2.05, 4.69) is 0 Å². The smallest absolute Gasteiger partial charge is 0.342 e. The number of methoxy groups -OCH3 is 1. The number of benzene rings is 1. The molecule has 0 atom stereocenters. The second kappa shape index (κ2) is 5.35. The Morgan fingerprint density at radius 3 is 2.39 bits per heavy atom. The van der Waals surface area contributed by atoms with Crippen LogP contribution in [0.2, 0.25) is 0 Å². The standard InChI is InChI=1S/C11H13NO6/c1-6(2)18-10-4-7(11(13)14)8(12(15)16)5-9(10)17-3/h4-6H,1-3H3,(H,13,14). The van der Waals surface area contributed by atoms with Gasteiger partial charge in [0.25, 0.3) is 5.69 Å². The summed E-state index contributed by atoms with van der Waals surface area (Å²) in [6.07, 6.45) is -0.206. The van der Waals surface area contributed by atoms with Crippen molar-refractivity contribution in [2.24, 2.45) is 0 Å². The fourth-order valence-corrected chi connectivity index (χ4v) is 1.38. The molecule has 0 fully saturated rings. The van der Waals surface area contributed by atoms with Gasteiger partial charge in [-0.1, -0.05) is 0 Å². The molecule has 1 aromatic rings. The molecule has 18 heavy (non-hydrogen) atoms. The average molecular weight is 255 g/mol. The molecule has 0 saturated carbocycles. The minimum Gasteiger partial charge on any atom is -0.493 e. The van der Waals surface area contributed by atoms with Crippen LogP contribution in [0.25, 0.3) is 0 Å². The van der Waals surface area contributed by atoms with Crippen molar-refractivity contribution in [3.63, 3.8) is 0 Å². The Labute approximate surface area is 103 Å². The van der Waals surface area contributed by atoms with E-state index in [4.69, 9.17) is 14.6 Å². The van der Waals surface area contributed by atoms with Crippen LogP contribution < -0.4 is 9.47 Å². The molecule has 0 aliphatic heterocycles. The molecule has 0 radical (unpaired) electrons. The Balaban J connectivity index is 3.41. The first kappa shape index (κ1) is 13.8. The summed E-state index contributed by atoms with van der Waals surface area (Å²) in [7, 11) is 1.33. The Kier molecular flexibility index (Phi) is 4.09. The second-order valence-corrected chi connectivity index (χ2v) is 3.75. The van der Waals surface area contributed by atoms with Gasteiger partial charge in [-0.3, -0.25) is 10.1 Å². The summed E-state index contributed by atoms with van der Waals surface area (Å²) >= 11 is 0. The number of hydrogen-bond acceptors (Lipinski definition) is 5. The van der Waals surface area contributed by atoms with Crippen LogP contribution >= 0.6 is 0 Å². The maximum atomic E-state index is 11.0. The maximum absolute atomic E-state index is 11.0. The first-order valence-electron chi connectivity index (χ1n) is 5.13. The van der Waals surface area contributed by atoms with E-state index in [0.29, 0.717) is 0 Å². The number of nitro benzene ring substituents is 1. The summed E-state index contributed by atoms with van der Waals surface area (Å²) in [5.74, 6) is -1.10. The van der Waals surface area contributed by atoms with E-state index >= 15 is 0 Å². The molecule has 1 N–H and O–H groups in total. The molecule has 0 amide bonds. The van der Waals surface area contributed by atoms with Gasteiger partial charge in [-0.25, -0.2) is 4.79 Å². The van der Waals surface area contributed by atoms with Crippen molar-refractivity contribution in [1.82, 2.24) is 0 Å². The van der Waals surface area contributed by atoms with E-state index in [0.717, 1.165) is 12.1 Å². The SMILES string of the molecule is COc1cc([N+](=O)[O-])c(C(=O)O)cc1OC(C)C. The van der Waals surface area contributed by atoms with Crippen molar-refractivity contribution in [3.8, 4) is 11.5 Å². The molecule has 0 bridgehead atoms. The van der Waals surface area contributed by atoms with E-state index in [1.807, 2.05) is 0 Å². The molecule has 7 nitrogen and oxygen atoms in total. The summed E-state index contributed by atoms with van der Waals surface area (Å²) in [4.78, 5) is 21.0. The molecular formula is C11H13NO6. The normalized spacial score (nSPS) is 10.2. The van der Waals surface area contributed by atoms with Gasteiger partial charge in [-0.2, -0.15) is 0 Å². The maximum Gasteiger partial charge on any atom is 0.342 e. The van der Waals surface area contributed by atoms with Gasteiger partial charge in [-0.15, -0.1) is 0 Å². The van der Waals surface area contributed by atoms with Gasteiger partial charge in [0.05, 0.1) is 24.2 Å². The zero-order valence-electron chi connectivity index (χ0n) is 10.2. The van der Waals surface area contributed by atoms with Crippen molar-refractivity contribution in [1.29, 1.82) is 0 Å². The fourth-order valence-electron chi connectivity index (χ4n) is 1.38. The van der Waals surface area contributed by atoms with Gasteiger partial charge < -0.3 is 14.6 Å². The fraction of sp³-hybridized carbons (Fsp3) is 0.364. The van der Waals surface area contributed by atoms with E-state index in [1.165, 1.54) is 7.11 Å². The van der Waals surface area contributed by atoms with E-state index in [-0.39, 0.29) is 17.6 Å². The highest BCUT2D eigenvalue weighted by molar-refractivity contribution is 5.93.